The highest BCUT2D eigenvalue weighted by Gasteiger charge is 2.12. The predicted molar refractivity (Wildman–Crippen MR) is 54.3 cm³/mol. The van der Waals surface area contributed by atoms with Crippen molar-refractivity contribution < 1.29 is 4.42 Å². The topological polar surface area (TPSA) is 69.9 Å². The molecule has 0 fully saturated rings. The minimum absolute atomic E-state index is 0.547. The van der Waals surface area contributed by atoms with Gasteiger partial charge in [-0.1, -0.05) is 18.7 Å². The van der Waals surface area contributed by atoms with Crippen LogP contribution in [0.3, 0.4) is 0 Å². The molecule has 14 heavy (non-hydrogen) atoms. The quantitative estimate of drug-likeness (QED) is 0.612. The Morgan fingerprint density at radius 1 is 1.57 bits per heavy atom. The smallest absolute Gasteiger partial charge is 0.218 e. The van der Waals surface area contributed by atoms with Crippen LogP contribution in [0, 0.1) is 0 Å². The highest BCUT2D eigenvalue weighted by Crippen LogP contribution is 2.21. The molecule has 0 saturated carbocycles. The third kappa shape index (κ3) is 1.48. The highest BCUT2D eigenvalue weighted by atomic mass is 32.2. The summed E-state index contributed by atoms with van der Waals surface area (Å²) >= 11 is 1.54. The zero-order valence-corrected chi connectivity index (χ0v) is 8.49. The molecule has 2 rings (SSSR count). The van der Waals surface area contributed by atoms with Crippen molar-refractivity contribution in [2.24, 2.45) is 0 Å². The minimum Gasteiger partial charge on any atom is -0.461 e. The number of furan rings is 1. The maximum absolute atomic E-state index is 5.79. The zero-order valence-electron chi connectivity index (χ0n) is 7.67. The van der Waals surface area contributed by atoms with Crippen molar-refractivity contribution in [1.29, 1.82) is 0 Å². The van der Waals surface area contributed by atoms with Crippen LogP contribution in [0.5, 0.6) is 0 Å². The van der Waals surface area contributed by atoms with Crippen LogP contribution in [0.2, 0.25) is 0 Å². The second kappa shape index (κ2) is 3.75. The second-order valence-corrected chi connectivity index (χ2v) is 3.82. The van der Waals surface area contributed by atoms with Gasteiger partial charge in [-0.3, -0.25) is 0 Å². The summed E-state index contributed by atoms with van der Waals surface area (Å²) in [5, 5.41) is 8.60. The van der Waals surface area contributed by atoms with Gasteiger partial charge in [0, 0.05) is 0 Å². The molecule has 0 unspecified atom stereocenters. The molecule has 0 spiro atoms. The molecule has 0 aliphatic heterocycles. The molecule has 0 radical (unpaired) electrons. The summed E-state index contributed by atoms with van der Waals surface area (Å²) in [7, 11) is 0. The lowest BCUT2D eigenvalue weighted by Crippen LogP contribution is -2.11. The maximum atomic E-state index is 5.79. The Morgan fingerprint density at radius 2 is 2.43 bits per heavy atom. The van der Waals surface area contributed by atoms with Gasteiger partial charge in [0.15, 0.2) is 5.76 Å². The SMILES string of the molecule is CCSc1nnc(-c2ccco2)n1N. The third-order valence-electron chi connectivity index (χ3n) is 1.68. The normalized spacial score (nSPS) is 10.6. The van der Waals surface area contributed by atoms with E-state index in [0.717, 1.165) is 5.75 Å². The molecule has 2 heterocycles. The summed E-state index contributed by atoms with van der Waals surface area (Å²) in [5.74, 6) is 7.88. The van der Waals surface area contributed by atoms with E-state index in [1.54, 1.807) is 30.2 Å². The number of hydrogen-bond acceptors (Lipinski definition) is 5. The number of hydrogen-bond donors (Lipinski definition) is 1. The Morgan fingerprint density at radius 3 is 3.07 bits per heavy atom. The molecule has 2 aromatic heterocycles. The van der Waals surface area contributed by atoms with E-state index in [9.17, 15) is 0 Å². The van der Waals surface area contributed by atoms with E-state index in [1.807, 2.05) is 6.92 Å². The number of nitrogens with two attached hydrogens (primary N) is 1. The summed E-state index contributed by atoms with van der Waals surface area (Å²) < 4.78 is 6.62. The van der Waals surface area contributed by atoms with Crippen molar-refractivity contribution in [2.75, 3.05) is 11.6 Å². The standard InChI is InChI=1S/C8H10N4OS/c1-2-14-8-11-10-7(12(8)9)6-4-3-5-13-6/h3-5H,2,9H2,1H3. The Bertz CT molecular complexity index is 409. The van der Waals surface area contributed by atoms with Gasteiger partial charge in [-0.05, 0) is 17.9 Å². The van der Waals surface area contributed by atoms with E-state index < -0.39 is 0 Å². The number of aromatic nitrogens is 3. The van der Waals surface area contributed by atoms with Crippen molar-refractivity contribution in [3.8, 4) is 11.6 Å². The first-order valence-corrected chi connectivity index (χ1v) is 5.18. The molecular weight excluding hydrogens is 200 g/mol. The minimum atomic E-state index is 0.547. The largest absolute Gasteiger partial charge is 0.461 e. The van der Waals surface area contributed by atoms with E-state index in [0.29, 0.717) is 16.7 Å². The molecule has 0 bridgehead atoms. The Hall–Kier alpha value is -1.43. The lowest BCUT2D eigenvalue weighted by Gasteiger charge is -1.99. The molecule has 0 aliphatic carbocycles. The van der Waals surface area contributed by atoms with Crippen molar-refractivity contribution in [2.45, 2.75) is 12.1 Å². The lowest BCUT2D eigenvalue weighted by atomic mass is 10.4. The van der Waals surface area contributed by atoms with Gasteiger partial charge in [-0.25, -0.2) is 4.68 Å². The number of nitrogens with zero attached hydrogens (tertiary/aromatic N) is 3. The molecule has 2 N–H and O–H groups in total. The summed E-state index contributed by atoms with van der Waals surface area (Å²) in [4.78, 5) is 0. The summed E-state index contributed by atoms with van der Waals surface area (Å²) in [5.41, 5.74) is 0. The molecule has 2 aromatic rings. The summed E-state index contributed by atoms with van der Waals surface area (Å²) in [6.45, 7) is 2.03. The van der Waals surface area contributed by atoms with Gasteiger partial charge >= 0.3 is 0 Å². The van der Waals surface area contributed by atoms with Crippen molar-refractivity contribution in [1.82, 2.24) is 14.9 Å². The molecule has 0 aliphatic rings. The Labute approximate surface area is 85.3 Å². The van der Waals surface area contributed by atoms with Gasteiger partial charge in [0.25, 0.3) is 0 Å². The van der Waals surface area contributed by atoms with Gasteiger partial charge < -0.3 is 10.3 Å². The molecule has 6 heteroatoms. The molecule has 5 nitrogen and oxygen atoms in total. The second-order valence-electron chi connectivity index (χ2n) is 2.59. The van der Waals surface area contributed by atoms with Crippen LogP contribution in [0.4, 0.5) is 0 Å². The van der Waals surface area contributed by atoms with E-state index in [1.165, 1.54) is 4.68 Å². The van der Waals surface area contributed by atoms with Crippen molar-refractivity contribution in [3.63, 3.8) is 0 Å². The summed E-state index contributed by atoms with van der Waals surface area (Å²) in [6.07, 6.45) is 1.58. The van der Waals surface area contributed by atoms with Gasteiger partial charge in [0.2, 0.25) is 11.0 Å². The van der Waals surface area contributed by atoms with E-state index in [-0.39, 0.29) is 0 Å². The fourth-order valence-electron chi connectivity index (χ4n) is 1.08. The first-order chi connectivity index (χ1) is 6.83. The molecular formula is C8H10N4OS. The van der Waals surface area contributed by atoms with Crippen molar-refractivity contribution in [3.05, 3.63) is 18.4 Å². The van der Waals surface area contributed by atoms with Gasteiger partial charge in [0.05, 0.1) is 6.26 Å². The monoisotopic (exact) mass is 210 g/mol. The molecule has 0 saturated heterocycles. The average Bonchev–Trinajstić information content (AvgIpc) is 2.77. The Balaban J connectivity index is 2.36. The van der Waals surface area contributed by atoms with E-state index in [2.05, 4.69) is 10.2 Å². The first-order valence-electron chi connectivity index (χ1n) is 4.20. The molecule has 0 aromatic carbocycles. The maximum Gasteiger partial charge on any atom is 0.218 e. The molecule has 0 amide bonds. The number of thioether (sulfide) groups is 1. The zero-order chi connectivity index (χ0) is 9.97. The highest BCUT2D eigenvalue weighted by molar-refractivity contribution is 7.99. The van der Waals surface area contributed by atoms with Crippen LogP contribution in [-0.4, -0.2) is 20.6 Å². The molecule has 74 valence electrons. The fraction of sp³-hybridized carbons (Fsp3) is 0.250. The summed E-state index contributed by atoms with van der Waals surface area (Å²) in [6, 6.07) is 3.59. The van der Waals surface area contributed by atoms with Crippen LogP contribution in [0.15, 0.2) is 28.0 Å². The van der Waals surface area contributed by atoms with Crippen molar-refractivity contribution >= 4 is 11.8 Å². The van der Waals surface area contributed by atoms with Gasteiger partial charge in [-0.2, -0.15) is 0 Å². The first kappa shape index (κ1) is 9.14. The van der Waals surface area contributed by atoms with E-state index in [4.69, 9.17) is 10.3 Å². The predicted octanol–water partition coefficient (Wildman–Crippen LogP) is 1.36. The third-order valence-corrected chi connectivity index (χ3v) is 2.50. The lowest BCUT2D eigenvalue weighted by molar-refractivity contribution is 0.574. The average molecular weight is 210 g/mol. The number of nitrogen functional groups attached to an aromatic ring is 1. The fourth-order valence-corrected chi connectivity index (χ4v) is 1.66. The van der Waals surface area contributed by atoms with Crippen LogP contribution in [-0.2, 0) is 0 Å². The Kier molecular flexibility index (Phi) is 2.45. The van der Waals surface area contributed by atoms with Crippen LogP contribution >= 0.6 is 11.8 Å². The van der Waals surface area contributed by atoms with Crippen LogP contribution in [0.1, 0.15) is 6.92 Å². The van der Waals surface area contributed by atoms with E-state index >= 15 is 0 Å². The van der Waals surface area contributed by atoms with Gasteiger partial charge in [-0.15, -0.1) is 10.2 Å². The van der Waals surface area contributed by atoms with Crippen LogP contribution < -0.4 is 5.84 Å². The number of rotatable bonds is 3. The van der Waals surface area contributed by atoms with Crippen LogP contribution in [0.25, 0.3) is 11.6 Å². The molecule has 0 atom stereocenters. The van der Waals surface area contributed by atoms with Gasteiger partial charge in [0.1, 0.15) is 0 Å².